The Morgan fingerprint density at radius 2 is 2.26 bits per heavy atom. The number of aromatic nitrogens is 3. The van der Waals surface area contributed by atoms with Gasteiger partial charge in [-0.3, -0.25) is 4.98 Å². The molecule has 19 heavy (non-hydrogen) atoms. The van der Waals surface area contributed by atoms with Crippen molar-refractivity contribution in [3.05, 3.63) is 29.8 Å². The zero-order valence-corrected chi connectivity index (χ0v) is 11.5. The lowest BCUT2D eigenvalue weighted by Gasteiger charge is -2.01. The maximum atomic E-state index is 5.71. The molecule has 1 atom stereocenters. The van der Waals surface area contributed by atoms with E-state index < -0.39 is 0 Å². The number of nitrogens with zero attached hydrogens (tertiary/aromatic N) is 3. The Morgan fingerprint density at radius 3 is 3.00 bits per heavy atom. The van der Waals surface area contributed by atoms with Crippen LogP contribution in [0.1, 0.15) is 38.1 Å². The zero-order valence-electron chi connectivity index (χ0n) is 11.5. The van der Waals surface area contributed by atoms with Crippen molar-refractivity contribution in [2.75, 3.05) is 0 Å². The van der Waals surface area contributed by atoms with Crippen LogP contribution >= 0.6 is 0 Å². The molecule has 2 N–H and O–H groups in total. The van der Waals surface area contributed by atoms with Crippen molar-refractivity contribution in [3.63, 3.8) is 0 Å². The first-order valence-corrected chi connectivity index (χ1v) is 6.73. The summed E-state index contributed by atoms with van der Waals surface area (Å²) in [5, 5.41) is 4.01. The van der Waals surface area contributed by atoms with Gasteiger partial charge in [0, 0.05) is 18.7 Å². The molecule has 0 fully saturated rings. The molecule has 5 heteroatoms. The predicted molar refractivity (Wildman–Crippen MR) is 73.5 cm³/mol. The average molecular weight is 260 g/mol. The SMILES string of the molecule is CCc1cccnc1-c1noc(CCCC(C)N)n1. The van der Waals surface area contributed by atoms with E-state index >= 15 is 0 Å². The lowest BCUT2D eigenvalue weighted by molar-refractivity contribution is 0.373. The Morgan fingerprint density at radius 1 is 1.42 bits per heavy atom. The molecule has 0 aliphatic carbocycles. The van der Waals surface area contributed by atoms with Gasteiger partial charge in [0.25, 0.3) is 0 Å². The van der Waals surface area contributed by atoms with Gasteiger partial charge in [0.1, 0.15) is 5.69 Å². The highest BCUT2D eigenvalue weighted by Crippen LogP contribution is 2.19. The summed E-state index contributed by atoms with van der Waals surface area (Å²) in [5.41, 5.74) is 7.66. The summed E-state index contributed by atoms with van der Waals surface area (Å²) < 4.78 is 5.26. The van der Waals surface area contributed by atoms with Crippen molar-refractivity contribution in [1.82, 2.24) is 15.1 Å². The first-order chi connectivity index (χ1) is 9.20. The third-order valence-electron chi connectivity index (χ3n) is 3.00. The van der Waals surface area contributed by atoms with Gasteiger partial charge < -0.3 is 10.3 Å². The van der Waals surface area contributed by atoms with Gasteiger partial charge in [-0.1, -0.05) is 18.1 Å². The fourth-order valence-electron chi connectivity index (χ4n) is 1.95. The molecule has 0 aliphatic rings. The number of nitrogens with two attached hydrogens (primary N) is 1. The first-order valence-electron chi connectivity index (χ1n) is 6.73. The lowest BCUT2D eigenvalue weighted by atomic mass is 10.1. The fraction of sp³-hybridized carbons (Fsp3) is 0.500. The Bertz CT molecular complexity index is 522. The molecule has 0 bridgehead atoms. The minimum atomic E-state index is 0.213. The number of pyridine rings is 1. The Labute approximate surface area is 113 Å². The molecule has 2 aromatic rings. The van der Waals surface area contributed by atoms with Crippen LogP contribution in [0.3, 0.4) is 0 Å². The largest absolute Gasteiger partial charge is 0.339 e. The molecular weight excluding hydrogens is 240 g/mol. The minimum Gasteiger partial charge on any atom is -0.339 e. The normalized spacial score (nSPS) is 12.6. The number of rotatable bonds is 6. The van der Waals surface area contributed by atoms with E-state index in [-0.39, 0.29) is 6.04 Å². The molecule has 2 aromatic heterocycles. The molecule has 102 valence electrons. The van der Waals surface area contributed by atoms with E-state index in [1.165, 1.54) is 0 Å². The third kappa shape index (κ3) is 3.61. The maximum absolute atomic E-state index is 5.71. The van der Waals surface area contributed by atoms with E-state index in [0.29, 0.717) is 11.7 Å². The van der Waals surface area contributed by atoms with Gasteiger partial charge >= 0.3 is 0 Å². The minimum absolute atomic E-state index is 0.213. The molecule has 0 aromatic carbocycles. The molecule has 0 spiro atoms. The number of hydrogen-bond acceptors (Lipinski definition) is 5. The zero-order chi connectivity index (χ0) is 13.7. The van der Waals surface area contributed by atoms with Crippen molar-refractivity contribution < 1.29 is 4.52 Å². The summed E-state index contributed by atoms with van der Waals surface area (Å²) in [6.45, 7) is 4.09. The van der Waals surface area contributed by atoms with Crippen LogP contribution in [-0.4, -0.2) is 21.2 Å². The molecule has 0 radical (unpaired) electrons. The molecule has 0 saturated heterocycles. The van der Waals surface area contributed by atoms with Gasteiger partial charge in [0.2, 0.25) is 11.7 Å². The molecule has 0 amide bonds. The number of hydrogen-bond donors (Lipinski definition) is 1. The van der Waals surface area contributed by atoms with Crippen LogP contribution < -0.4 is 5.73 Å². The molecular formula is C14H20N4O. The van der Waals surface area contributed by atoms with Crippen LogP contribution in [0.25, 0.3) is 11.5 Å². The fourth-order valence-corrected chi connectivity index (χ4v) is 1.95. The summed E-state index contributed by atoms with van der Waals surface area (Å²) in [6, 6.07) is 4.17. The summed E-state index contributed by atoms with van der Waals surface area (Å²) >= 11 is 0. The second kappa shape index (κ2) is 6.43. The van der Waals surface area contributed by atoms with E-state index in [9.17, 15) is 0 Å². The molecule has 0 saturated carbocycles. The van der Waals surface area contributed by atoms with Crippen LogP contribution in [0.15, 0.2) is 22.9 Å². The summed E-state index contributed by atoms with van der Waals surface area (Å²) in [6.07, 6.45) is 5.34. The second-order valence-corrected chi connectivity index (χ2v) is 4.75. The summed E-state index contributed by atoms with van der Waals surface area (Å²) in [7, 11) is 0. The van der Waals surface area contributed by atoms with E-state index in [1.807, 2.05) is 19.1 Å². The van der Waals surface area contributed by atoms with Crippen molar-refractivity contribution in [1.29, 1.82) is 0 Å². The van der Waals surface area contributed by atoms with Crippen LogP contribution in [0, 0.1) is 0 Å². The van der Waals surface area contributed by atoms with E-state index in [4.69, 9.17) is 10.3 Å². The Balaban J connectivity index is 2.08. The predicted octanol–water partition coefficient (Wildman–Crippen LogP) is 2.36. The summed E-state index contributed by atoms with van der Waals surface area (Å²) in [5.74, 6) is 1.23. The molecule has 2 rings (SSSR count). The highest BCUT2D eigenvalue weighted by molar-refractivity contribution is 5.53. The standard InChI is InChI=1S/C14H20N4O/c1-3-11-7-5-9-16-13(11)14-17-12(19-18-14)8-4-6-10(2)15/h5,7,9-10H,3-4,6,8,15H2,1-2H3. The smallest absolute Gasteiger partial charge is 0.227 e. The quantitative estimate of drug-likeness (QED) is 0.862. The van der Waals surface area contributed by atoms with Gasteiger partial charge in [-0.2, -0.15) is 4.98 Å². The molecule has 1 unspecified atom stereocenters. The van der Waals surface area contributed by atoms with Crippen LogP contribution in [0.5, 0.6) is 0 Å². The topological polar surface area (TPSA) is 77.8 Å². The van der Waals surface area contributed by atoms with Crippen LogP contribution in [0.4, 0.5) is 0 Å². The van der Waals surface area contributed by atoms with E-state index in [2.05, 4.69) is 22.0 Å². The maximum Gasteiger partial charge on any atom is 0.227 e. The van der Waals surface area contributed by atoms with Gasteiger partial charge in [0.15, 0.2) is 0 Å². The van der Waals surface area contributed by atoms with Crippen molar-refractivity contribution in [2.45, 2.75) is 45.6 Å². The van der Waals surface area contributed by atoms with Gasteiger partial charge in [0.05, 0.1) is 0 Å². The average Bonchev–Trinajstić information content (AvgIpc) is 2.87. The monoisotopic (exact) mass is 260 g/mol. The first kappa shape index (κ1) is 13.7. The molecule has 2 heterocycles. The van der Waals surface area contributed by atoms with E-state index in [1.54, 1.807) is 6.20 Å². The van der Waals surface area contributed by atoms with Gasteiger partial charge in [-0.25, -0.2) is 0 Å². The lowest BCUT2D eigenvalue weighted by Crippen LogP contribution is -2.14. The second-order valence-electron chi connectivity index (χ2n) is 4.75. The Kier molecular flexibility index (Phi) is 4.63. The highest BCUT2D eigenvalue weighted by atomic mass is 16.5. The number of aryl methyl sites for hydroxylation is 2. The molecule has 5 nitrogen and oxygen atoms in total. The Hall–Kier alpha value is -1.75. The third-order valence-corrected chi connectivity index (χ3v) is 3.00. The van der Waals surface area contributed by atoms with Gasteiger partial charge in [-0.15, -0.1) is 0 Å². The van der Waals surface area contributed by atoms with Crippen molar-refractivity contribution in [3.8, 4) is 11.5 Å². The van der Waals surface area contributed by atoms with E-state index in [0.717, 1.165) is 36.9 Å². The molecule has 0 aliphatic heterocycles. The van der Waals surface area contributed by atoms with Crippen molar-refractivity contribution in [2.24, 2.45) is 5.73 Å². The summed E-state index contributed by atoms with van der Waals surface area (Å²) in [4.78, 5) is 8.74. The highest BCUT2D eigenvalue weighted by Gasteiger charge is 2.12. The van der Waals surface area contributed by atoms with Crippen LogP contribution in [-0.2, 0) is 12.8 Å². The van der Waals surface area contributed by atoms with Crippen molar-refractivity contribution >= 4 is 0 Å². The van der Waals surface area contributed by atoms with Crippen LogP contribution in [0.2, 0.25) is 0 Å². The van der Waals surface area contributed by atoms with Gasteiger partial charge in [-0.05, 0) is 37.8 Å².